The molecule has 0 spiro atoms. The van der Waals surface area contributed by atoms with Crippen LogP contribution in [0.4, 0.5) is 4.79 Å². The quantitative estimate of drug-likeness (QED) is 0.460. The molecular weight excluding hydrogens is 144 g/mol. The summed E-state index contributed by atoms with van der Waals surface area (Å²) in [5.41, 5.74) is 5.33. The number of hydrogen-bond acceptors (Lipinski definition) is 2. The number of nitrogens with one attached hydrogen (secondary N) is 1. The third-order valence-corrected chi connectivity index (χ3v) is 1.09. The zero-order valence-corrected chi connectivity index (χ0v) is 6.46. The molecule has 0 aliphatic heterocycles. The van der Waals surface area contributed by atoms with Crippen LogP contribution in [0.3, 0.4) is 0 Å². The molecule has 0 rings (SSSR count). The smallest absolute Gasteiger partial charge is 0.316 e. The third kappa shape index (κ3) is 5.14. The highest BCUT2D eigenvalue weighted by Crippen LogP contribution is 1.98. The molecule has 0 aromatic carbocycles. The Morgan fingerprint density at radius 3 is 2.64 bits per heavy atom. The number of carbonyl (C=O) groups excluding carboxylic acids is 2. The van der Waals surface area contributed by atoms with Crippen molar-refractivity contribution in [1.29, 1.82) is 0 Å². The van der Waals surface area contributed by atoms with Crippen LogP contribution in [-0.2, 0) is 4.79 Å². The summed E-state index contributed by atoms with van der Waals surface area (Å²) < 4.78 is 0. The summed E-state index contributed by atoms with van der Waals surface area (Å²) in [6, 6.07) is -0.652. The first-order valence-corrected chi connectivity index (χ1v) is 3.41. The van der Waals surface area contributed by atoms with Gasteiger partial charge in [0.1, 0.15) is 6.29 Å². The fourth-order valence-corrected chi connectivity index (χ4v) is 0.618. The van der Waals surface area contributed by atoms with Gasteiger partial charge in [-0.15, -0.1) is 0 Å². The van der Waals surface area contributed by atoms with Gasteiger partial charge in [0.15, 0.2) is 0 Å². The lowest BCUT2D eigenvalue weighted by atomic mass is 10.2. The van der Waals surface area contributed by atoms with Crippen molar-refractivity contribution in [3.8, 4) is 0 Å². The van der Waals surface area contributed by atoms with Crippen molar-refractivity contribution in [3.63, 3.8) is 0 Å². The minimum absolute atomic E-state index is 0.548. The molecule has 0 aromatic rings. The van der Waals surface area contributed by atoms with Crippen molar-refractivity contribution in [2.75, 3.05) is 0 Å². The van der Waals surface area contributed by atoms with Gasteiger partial charge >= 0.3 is 6.03 Å². The number of aldehydes is 1. The Bertz CT molecular complexity index is 175. The highest BCUT2D eigenvalue weighted by atomic mass is 16.2. The lowest BCUT2D eigenvalue weighted by Crippen LogP contribution is -2.24. The molecule has 2 amide bonds. The lowest BCUT2D eigenvalue weighted by Gasteiger charge is -1.96. The first-order chi connectivity index (χ1) is 5.20. The van der Waals surface area contributed by atoms with E-state index in [1.165, 1.54) is 6.20 Å². The van der Waals surface area contributed by atoms with Gasteiger partial charge in [-0.1, -0.05) is 13.3 Å². The summed E-state index contributed by atoms with van der Waals surface area (Å²) in [5, 5.41) is 2.23. The molecule has 0 aromatic heterocycles. The van der Waals surface area contributed by atoms with E-state index in [1.807, 2.05) is 6.92 Å². The van der Waals surface area contributed by atoms with E-state index >= 15 is 0 Å². The van der Waals surface area contributed by atoms with Gasteiger partial charge in [0.05, 0.1) is 0 Å². The molecule has 0 atom stereocenters. The monoisotopic (exact) mass is 156 g/mol. The number of urea groups is 1. The van der Waals surface area contributed by atoms with Gasteiger partial charge in [-0.2, -0.15) is 0 Å². The van der Waals surface area contributed by atoms with E-state index in [0.717, 1.165) is 6.42 Å². The summed E-state index contributed by atoms with van der Waals surface area (Å²) in [6.45, 7) is 1.95. The number of carbonyl (C=O) groups is 2. The van der Waals surface area contributed by atoms with E-state index in [2.05, 4.69) is 5.32 Å². The molecule has 0 bridgehead atoms. The fraction of sp³-hybridized carbons (Fsp3) is 0.429. The van der Waals surface area contributed by atoms with Crippen molar-refractivity contribution in [2.45, 2.75) is 19.8 Å². The molecule has 4 nitrogen and oxygen atoms in total. The molecule has 0 aliphatic carbocycles. The molecule has 11 heavy (non-hydrogen) atoms. The maximum atomic E-state index is 10.2. The van der Waals surface area contributed by atoms with E-state index in [0.29, 0.717) is 18.3 Å². The Kier molecular flexibility index (Phi) is 4.81. The number of allylic oxidation sites excluding steroid dienone is 1. The number of nitrogens with two attached hydrogens (primary N) is 1. The number of hydrogen-bond donors (Lipinski definition) is 2. The SMILES string of the molecule is CCC/C(C=O)=C/NC(N)=O. The molecule has 0 fully saturated rings. The van der Waals surface area contributed by atoms with Gasteiger partial charge in [0, 0.05) is 11.8 Å². The zero-order chi connectivity index (χ0) is 8.69. The molecule has 0 saturated carbocycles. The van der Waals surface area contributed by atoms with Crippen LogP contribution in [0, 0.1) is 0 Å². The lowest BCUT2D eigenvalue weighted by molar-refractivity contribution is -0.105. The van der Waals surface area contributed by atoms with Gasteiger partial charge in [0.2, 0.25) is 0 Å². The predicted octanol–water partition coefficient (Wildman–Crippen LogP) is 0.538. The molecule has 0 unspecified atom stereocenters. The molecule has 4 heteroatoms. The number of rotatable bonds is 4. The Morgan fingerprint density at radius 1 is 1.64 bits per heavy atom. The van der Waals surface area contributed by atoms with Gasteiger partial charge in [-0.25, -0.2) is 4.79 Å². The minimum atomic E-state index is -0.652. The van der Waals surface area contributed by atoms with Crippen molar-refractivity contribution in [3.05, 3.63) is 11.8 Å². The number of primary amides is 1. The first kappa shape index (κ1) is 9.68. The van der Waals surface area contributed by atoms with Crippen LogP contribution in [-0.4, -0.2) is 12.3 Å². The van der Waals surface area contributed by atoms with E-state index < -0.39 is 6.03 Å². The van der Waals surface area contributed by atoms with Crippen LogP contribution in [0.2, 0.25) is 0 Å². The molecule has 0 aliphatic rings. The van der Waals surface area contributed by atoms with Crippen LogP contribution in [0.1, 0.15) is 19.8 Å². The molecule has 0 heterocycles. The average Bonchev–Trinajstić information content (AvgIpc) is 1.97. The molecule has 0 saturated heterocycles. The van der Waals surface area contributed by atoms with E-state index in [9.17, 15) is 9.59 Å². The summed E-state index contributed by atoms with van der Waals surface area (Å²) >= 11 is 0. The summed E-state index contributed by atoms with van der Waals surface area (Å²) in [5.74, 6) is 0. The highest BCUT2D eigenvalue weighted by molar-refractivity contribution is 5.77. The van der Waals surface area contributed by atoms with Crippen LogP contribution in [0.15, 0.2) is 11.8 Å². The normalized spacial score (nSPS) is 10.8. The molecular formula is C7H12N2O2. The molecule has 0 radical (unpaired) electrons. The average molecular weight is 156 g/mol. The third-order valence-electron chi connectivity index (χ3n) is 1.09. The highest BCUT2D eigenvalue weighted by Gasteiger charge is 1.93. The Hall–Kier alpha value is -1.32. The van der Waals surface area contributed by atoms with Crippen molar-refractivity contribution < 1.29 is 9.59 Å². The standard InChI is InChI=1S/C7H12N2O2/c1-2-3-6(5-10)4-9-7(8)11/h4-5H,2-3H2,1H3,(H3,8,9,11)/b6-4-. The van der Waals surface area contributed by atoms with Crippen LogP contribution >= 0.6 is 0 Å². The Morgan fingerprint density at radius 2 is 2.27 bits per heavy atom. The molecule has 62 valence electrons. The van der Waals surface area contributed by atoms with Crippen molar-refractivity contribution in [1.82, 2.24) is 5.32 Å². The second kappa shape index (κ2) is 5.46. The fourth-order valence-electron chi connectivity index (χ4n) is 0.618. The minimum Gasteiger partial charge on any atom is -0.351 e. The van der Waals surface area contributed by atoms with E-state index in [1.54, 1.807) is 0 Å². The van der Waals surface area contributed by atoms with Crippen LogP contribution < -0.4 is 11.1 Å². The van der Waals surface area contributed by atoms with Crippen molar-refractivity contribution >= 4 is 12.3 Å². The number of amides is 2. The first-order valence-electron chi connectivity index (χ1n) is 3.41. The van der Waals surface area contributed by atoms with Gasteiger partial charge < -0.3 is 11.1 Å². The largest absolute Gasteiger partial charge is 0.351 e. The predicted molar refractivity (Wildman–Crippen MR) is 41.8 cm³/mol. The van der Waals surface area contributed by atoms with E-state index in [-0.39, 0.29) is 0 Å². The second-order valence-electron chi connectivity index (χ2n) is 2.10. The van der Waals surface area contributed by atoms with Gasteiger partial charge in [0.25, 0.3) is 0 Å². The van der Waals surface area contributed by atoms with E-state index in [4.69, 9.17) is 5.73 Å². The topological polar surface area (TPSA) is 72.2 Å². The molecule has 3 N–H and O–H groups in total. The Labute approximate surface area is 65.5 Å². The summed E-state index contributed by atoms with van der Waals surface area (Å²) in [7, 11) is 0. The second-order valence-corrected chi connectivity index (χ2v) is 2.10. The van der Waals surface area contributed by atoms with Crippen LogP contribution in [0.5, 0.6) is 0 Å². The maximum absolute atomic E-state index is 10.2. The summed E-state index contributed by atoms with van der Waals surface area (Å²) in [4.78, 5) is 20.4. The zero-order valence-electron chi connectivity index (χ0n) is 6.46. The summed E-state index contributed by atoms with van der Waals surface area (Å²) in [6.07, 6.45) is 3.56. The maximum Gasteiger partial charge on any atom is 0.316 e. The van der Waals surface area contributed by atoms with Crippen LogP contribution in [0.25, 0.3) is 0 Å². The van der Waals surface area contributed by atoms with Crippen molar-refractivity contribution in [2.24, 2.45) is 5.73 Å². The Balaban J connectivity index is 3.90. The van der Waals surface area contributed by atoms with Gasteiger partial charge in [-0.3, -0.25) is 4.79 Å². The van der Waals surface area contributed by atoms with Gasteiger partial charge in [-0.05, 0) is 6.42 Å².